The Hall–Kier alpha value is -4.49. The summed E-state index contributed by atoms with van der Waals surface area (Å²) >= 11 is 0. The van der Waals surface area contributed by atoms with Crippen molar-refractivity contribution in [2.75, 3.05) is 45.9 Å². The van der Waals surface area contributed by atoms with E-state index in [1.54, 1.807) is 0 Å². The van der Waals surface area contributed by atoms with Crippen molar-refractivity contribution in [1.82, 2.24) is 19.7 Å². The van der Waals surface area contributed by atoms with Crippen LogP contribution in [0.5, 0.6) is 5.75 Å². The first-order valence-corrected chi connectivity index (χ1v) is 16.3. The minimum atomic E-state index is 0.0496. The van der Waals surface area contributed by atoms with Gasteiger partial charge in [-0.2, -0.15) is 0 Å². The summed E-state index contributed by atoms with van der Waals surface area (Å²) in [4.78, 5) is 38.3. The van der Waals surface area contributed by atoms with E-state index in [0.717, 1.165) is 80.1 Å². The lowest BCUT2D eigenvalue weighted by Gasteiger charge is -2.42. The van der Waals surface area contributed by atoms with E-state index in [4.69, 9.17) is 9.72 Å². The van der Waals surface area contributed by atoms with Gasteiger partial charge in [0.25, 0.3) is 11.8 Å². The second-order valence-electron chi connectivity index (χ2n) is 11.9. The van der Waals surface area contributed by atoms with Crippen LogP contribution in [-0.4, -0.2) is 83.4 Å². The zero-order valence-corrected chi connectivity index (χ0v) is 26.1. The van der Waals surface area contributed by atoms with Crippen molar-refractivity contribution in [1.29, 1.82) is 0 Å². The zero-order valence-electron chi connectivity index (χ0n) is 26.1. The summed E-state index contributed by atoms with van der Waals surface area (Å²) in [7, 11) is 0. The van der Waals surface area contributed by atoms with E-state index >= 15 is 0 Å². The lowest BCUT2D eigenvalue weighted by molar-refractivity contribution is 0.0412. The van der Waals surface area contributed by atoms with Gasteiger partial charge in [0, 0.05) is 67.6 Å². The number of piperazine rings is 1. The first-order chi connectivity index (χ1) is 22.1. The first kappa shape index (κ1) is 30.5. The highest BCUT2D eigenvalue weighted by atomic mass is 16.5. The second-order valence-corrected chi connectivity index (χ2v) is 11.9. The monoisotopic (exact) mass is 602 g/mol. The number of hydrogen-bond donors (Lipinski definition) is 0. The van der Waals surface area contributed by atoms with Crippen LogP contribution in [0, 0.1) is 0 Å². The van der Waals surface area contributed by atoms with Crippen molar-refractivity contribution < 1.29 is 14.3 Å². The SMILES string of the molecule is CCCCOc1ccc(C(=O)N2CCC(N3CCN(C(=O)c4cc(-c5ccccc5)nc(-c5ccccc5)c4)CC3)CC2)cc1. The Morgan fingerprint density at radius 2 is 1.22 bits per heavy atom. The summed E-state index contributed by atoms with van der Waals surface area (Å²) in [6.45, 7) is 7.40. The number of hydrogen-bond acceptors (Lipinski definition) is 5. The maximum absolute atomic E-state index is 13.8. The molecule has 232 valence electrons. The number of ether oxygens (including phenoxy) is 1. The molecule has 45 heavy (non-hydrogen) atoms. The average Bonchev–Trinajstić information content (AvgIpc) is 3.12. The van der Waals surface area contributed by atoms with Crippen molar-refractivity contribution in [3.8, 4) is 28.3 Å². The summed E-state index contributed by atoms with van der Waals surface area (Å²) in [6.07, 6.45) is 4.01. The Labute approximate surface area is 266 Å². The highest BCUT2D eigenvalue weighted by Crippen LogP contribution is 2.27. The number of amides is 2. The van der Waals surface area contributed by atoms with Gasteiger partial charge < -0.3 is 14.5 Å². The van der Waals surface area contributed by atoms with Gasteiger partial charge in [-0.25, -0.2) is 4.98 Å². The van der Waals surface area contributed by atoms with Crippen molar-refractivity contribution in [2.24, 2.45) is 0 Å². The van der Waals surface area contributed by atoms with E-state index in [1.807, 2.05) is 107 Å². The van der Waals surface area contributed by atoms with Gasteiger partial charge in [0.1, 0.15) is 5.75 Å². The molecule has 0 spiro atoms. The van der Waals surface area contributed by atoms with E-state index in [0.29, 0.717) is 36.9 Å². The van der Waals surface area contributed by atoms with Crippen LogP contribution in [-0.2, 0) is 0 Å². The summed E-state index contributed by atoms with van der Waals surface area (Å²) in [6, 6.07) is 31.9. The predicted molar refractivity (Wildman–Crippen MR) is 178 cm³/mol. The Morgan fingerprint density at radius 1 is 0.689 bits per heavy atom. The Balaban J connectivity index is 1.04. The molecule has 6 rings (SSSR count). The Morgan fingerprint density at radius 3 is 1.78 bits per heavy atom. The van der Waals surface area contributed by atoms with Crippen molar-refractivity contribution in [2.45, 2.75) is 38.6 Å². The van der Waals surface area contributed by atoms with E-state index in [-0.39, 0.29) is 11.8 Å². The molecule has 2 saturated heterocycles. The number of benzene rings is 3. The third kappa shape index (κ3) is 7.43. The minimum absolute atomic E-state index is 0.0496. The smallest absolute Gasteiger partial charge is 0.254 e. The Kier molecular flexibility index (Phi) is 9.86. The number of piperidine rings is 1. The lowest BCUT2D eigenvalue weighted by Crippen LogP contribution is -2.54. The molecule has 2 fully saturated rings. The molecule has 0 unspecified atom stereocenters. The molecule has 0 bridgehead atoms. The number of unbranched alkanes of at least 4 members (excludes halogenated alkanes) is 1. The van der Waals surface area contributed by atoms with Gasteiger partial charge in [-0.3, -0.25) is 14.5 Å². The van der Waals surface area contributed by atoms with Crippen LogP contribution in [0.4, 0.5) is 0 Å². The molecule has 7 heteroatoms. The molecular formula is C38H42N4O3. The molecule has 3 heterocycles. The van der Waals surface area contributed by atoms with Crippen LogP contribution in [0.15, 0.2) is 97.1 Å². The topological polar surface area (TPSA) is 66.0 Å². The largest absolute Gasteiger partial charge is 0.494 e. The number of likely N-dealkylation sites (tertiary alicyclic amines) is 1. The number of carbonyl (C=O) groups excluding carboxylic acids is 2. The number of rotatable bonds is 9. The fourth-order valence-corrected chi connectivity index (χ4v) is 6.29. The molecule has 2 amide bonds. The molecule has 4 aromatic rings. The number of nitrogens with zero attached hydrogens (tertiary/aromatic N) is 4. The molecule has 3 aromatic carbocycles. The third-order valence-corrected chi connectivity index (χ3v) is 8.95. The van der Waals surface area contributed by atoms with Crippen LogP contribution in [0.3, 0.4) is 0 Å². The minimum Gasteiger partial charge on any atom is -0.494 e. The van der Waals surface area contributed by atoms with Crippen LogP contribution in [0.1, 0.15) is 53.3 Å². The standard InChI is InChI=1S/C38H42N4O3/c1-2-3-26-45-34-16-14-31(15-17-34)37(43)41-20-18-33(19-21-41)40-22-24-42(25-23-40)38(44)32-27-35(29-10-6-4-7-11-29)39-36(28-32)30-12-8-5-9-13-30/h4-17,27-28,33H,2-3,18-26H2,1H3. The summed E-state index contributed by atoms with van der Waals surface area (Å²) in [5.41, 5.74) is 4.97. The van der Waals surface area contributed by atoms with Crippen LogP contribution < -0.4 is 4.74 Å². The van der Waals surface area contributed by atoms with Crippen molar-refractivity contribution in [3.05, 3.63) is 108 Å². The average molecular weight is 603 g/mol. The fraction of sp³-hybridized carbons (Fsp3) is 0.342. The maximum atomic E-state index is 13.8. The molecule has 2 aliphatic heterocycles. The van der Waals surface area contributed by atoms with Crippen LogP contribution in [0.25, 0.3) is 22.5 Å². The predicted octanol–water partition coefficient (Wildman–Crippen LogP) is 6.66. The van der Waals surface area contributed by atoms with E-state index in [9.17, 15) is 9.59 Å². The van der Waals surface area contributed by atoms with E-state index in [1.165, 1.54) is 0 Å². The van der Waals surface area contributed by atoms with Gasteiger partial charge in [0.05, 0.1) is 18.0 Å². The second kappa shape index (κ2) is 14.5. The normalized spacial score (nSPS) is 16.0. The first-order valence-electron chi connectivity index (χ1n) is 16.3. The molecule has 0 N–H and O–H groups in total. The van der Waals surface area contributed by atoms with Gasteiger partial charge in [0.15, 0.2) is 0 Å². The molecule has 0 radical (unpaired) electrons. The van der Waals surface area contributed by atoms with Crippen LogP contribution in [0.2, 0.25) is 0 Å². The highest BCUT2D eigenvalue weighted by Gasteiger charge is 2.31. The maximum Gasteiger partial charge on any atom is 0.254 e. The summed E-state index contributed by atoms with van der Waals surface area (Å²) in [5.74, 6) is 0.952. The molecule has 0 aliphatic carbocycles. The fourth-order valence-electron chi connectivity index (χ4n) is 6.29. The third-order valence-electron chi connectivity index (χ3n) is 8.95. The van der Waals surface area contributed by atoms with Gasteiger partial charge in [-0.15, -0.1) is 0 Å². The molecule has 0 saturated carbocycles. The van der Waals surface area contributed by atoms with Crippen molar-refractivity contribution in [3.63, 3.8) is 0 Å². The number of pyridine rings is 1. The zero-order chi connectivity index (χ0) is 31.0. The molecule has 0 atom stereocenters. The van der Waals surface area contributed by atoms with Gasteiger partial charge >= 0.3 is 0 Å². The molecule has 2 aliphatic rings. The molecule has 1 aromatic heterocycles. The number of aromatic nitrogens is 1. The van der Waals surface area contributed by atoms with E-state index in [2.05, 4.69) is 11.8 Å². The quantitative estimate of drug-likeness (QED) is 0.201. The summed E-state index contributed by atoms with van der Waals surface area (Å²) in [5, 5.41) is 0. The summed E-state index contributed by atoms with van der Waals surface area (Å²) < 4.78 is 5.74. The molecular weight excluding hydrogens is 560 g/mol. The highest BCUT2D eigenvalue weighted by molar-refractivity contribution is 5.96. The van der Waals surface area contributed by atoms with Gasteiger partial charge in [-0.1, -0.05) is 74.0 Å². The molecule has 7 nitrogen and oxygen atoms in total. The van der Waals surface area contributed by atoms with Gasteiger partial charge in [0.2, 0.25) is 0 Å². The van der Waals surface area contributed by atoms with Crippen LogP contribution >= 0.6 is 0 Å². The number of carbonyl (C=O) groups is 2. The van der Waals surface area contributed by atoms with E-state index < -0.39 is 0 Å². The van der Waals surface area contributed by atoms with Gasteiger partial charge in [-0.05, 0) is 55.7 Å². The van der Waals surface area contributed by atoms with Crippen molar-refractivity contribution >= 4 is 11.8 Å². The lowest BCUT2D eigenvalue weighted by atomic mass is 10.0. The Bertz CT molecular complexity index is 1500.